The molecule has 2 rings (SSSR count). The summed E-state index contributed by atoms with van der Waals surface area (Å²) < 4.78 is 33.6. The van der Waals surface area contributed by atoms with Gasteiger partial charge in [0.05, 0.1) is 17.9 Å². The third-order valence-electron chi connectivity index (χ3n) is 5.40. The van der Waals surface area contributed by atoms with Gasteiger partial charge in [-0.3, -0.25) is 4.79 Å². The second kappa shape index (κ2) is 9.37. The maximum absolute atomic E-state index is 13.3. The molecule has 0 N–H and O–H groups in total. The van der Waals surface area contributed by atoms with E-state index >= 15 is 0 Å². The van der Waals surface area contributed by atoms with Crippen molar-refractivity contribution in [2.45, 2.75) is 52.9 Å². The highest BCUT2D eigenvalue weighted by atomic mass is 32.2. The van der Waals surface area contributed by atoms with Gasteiger partial charge in [-0.05, 0) is 55.9 Å². The molecule has 158 valence electrons. The molecule has 1 saturated heterocycles. The molecule has 6 nitrogen and oxygen atoms in total. The van der Waals surface area contributed by atoms with Gasteiger partial charge in [-0.1, -0.05) is 19.9 Å². The lowest BCUT2D eigenvalue weighted by Crippen LogP contribution is -2.50. The zero-order chi connectivity index (χ0) is 21.1. The van der Waals surface area contributed by atoms with Gasteiger partial charge in [0.2, 0.25) is 15.9 Å². The highest BCUT2D eigenvalue weighted by molar-refractivity contribution is 7.89. The third-order valence-corrected chi connectivity index (χ3v) is 7.57. The van der Waals surface area contributed by atoms with Crippen molar-refractivity contribution < 1.29 is 17.9 Å². The summed E-state index contributed by atoms with van der Waals surface area (Å²) in [6, 6.07) is 2.03. The van der Waals surface area contributed by atoms with Gasteiger partial charge in [-0.15, -0.1) is 0 Å². The molecule has 0 aromatic heterocycles. The Balaban J connectivity index is 2.02. The monoisotopic (exact) mass is 410 g/mol. The quantitative estimate of drug-likeness (QED) is 0.648. The number of carbonyl (C=O) groups is 1. The van der Waals surface area contributed by atoms with E-state index in [1.54, 1.807) is 4.90 Å². The Bertz CT molecular complexity index is 784. The predicted octanol–water partition coefficient (Wildman–Crippen LogP) is 2.82. The molecule has 1 amide bonds. The van der Waals surface area contributed by atoms with E-state index in [9.17, 15) is 13.2 Å². The number of piperazine rings is 1. The molecule has 1 aromatic rings. The van der Waals surface area contributed by atoms with Gasteiger partial charge < -0.3 is 9.64 Å². The fraction of sp³-hybridized carbons (Fsp3) is 0.667. The Morgan fingerprint density at radius 2 is 1.57 bits per heavy atom. The van der Waals surface area contributed by atoms with Crippen molar-refractivity contribution in [3.05, 3.63) is 28.3 Å². The van der Waals surface area contributed by atoms with Crippen LogP contribution < -0.4 is 0 Å². The lowest BCUT2D eigenvalue weighted by molar-refractivity contribution is -0.133. The first-order valence-electron chi connectivity index (χ1n) is 9.98. The highest BCUT2D eigenvalue weighted by Crippen LogP contribution is 2.29. The van der Waals surface area contributed by atoms with Crippen LogP contribution in [0.2, 0.25) is 0 Å². The zero-order valence-electron chi connectivity index (χ0n) is 18.0. The predicted molar refractivity (Wildman–Crippen MR) is 111 cm³/mol. The van der Waals surface area contributed by atoms with E-state index in [-0.39, 0.29) is 5.91 Å². The first-order chi connectivity index (χ1) is 13.1. The van der Waals surface area contributed by atoms with Gasteiger partial charge in [0.25, 0.3) is 0 Å². The first-order valence-corrected chi connectivity index (χ1v) is 11.4. The summed E-state index contributed by atoms with van der Waals surface area (Å²) in [5, 5.41) is 0. The number of benzene rings is 1. The van der Waals surface area contributed by atoms with Gasteiger partial charge in [0, 0.05) is 32.8 Å². The minimum absolute atomic E-state index is 0.0274. The van der Waals surface area contributed by atoms with Crippen molar-refractivity contribution in [2.75, 3.05) is 39.4 Å². The number of hydrogen-bond donors (Lipinski definition) is 0. The molecule has 0 radical (unpaired) electrons. The second-order valence-electron chi connectivity index (χ2n) is 8.09. The summed E-state index contributed by atoms with van der Waals surface area (Å²) in [5.74, 6) is 0.473. The number of aryl methyl sites for hydroxylation is 2. The largest absolute Gasteiger partial charge is 0.381 e. The van der Waals surface area contributed by atoms with Gasteiger partial charge >= 0.3 is 0 Å². The first kappa shape index (κ1) is 22.8. The topological polar surface area (TPSA) is 66.9 Å². The van der Waals surface area contributed by atoms with Crippen molar-refractivity contribution in [1.29, 1.82) is 0 Å². The van der Waals surface area contributed by atoms with Crippen LogP contribution in [-0.2, 0) is 19.6 Å². The van der Waals surface area contributed by atoms with Crippen LogP contribution in [0, 0.1) is 33.6 Å². The molecule has 0 unspecified atom stereocenters. The minimum atomic E-state index is -3.58. The smallest absolute Gasteiger partial charge is 0.243 e. The lowest BCUT2D eigenvalue weighted by Gasteiger charge is -2.35. The molecule has 0 bridgehead atoms. The summed E-state index contributed by atoms with van der Waals surface area (Å²) in [6.07, 6.45) is 0.342. The SMILES string of the molecule is Cc1cc(C)c(C)c(S(=O)(=O)N2CCN(C(=O)CCOCC(C)C)CC2)c1C. The van der Waals surface area contributed by atoms with E-state index in [0.29, 0.717) is 56.6 Å². The summed E-state index contributed by atoms with van der Waals surface area (Å²) in [6.45, 7) is 14.3. The minimum Gasteiger partial charge on any atom is -0.381 e. The Labute approximate surface area is 169 Å². The molecular formula is C21H34N2O4S. The number of amides is 1. The summed E-state index contributed by atoms with van der Waals surface area (Å²) >= 11 is 0. The Morgan fingerprint density at radius 3 is 2.07 bits per heavy atom. The molecular weight excluding hydrogens is 376 g/mol. The third kappa shape index (κ3) is 5.13. The van der Waals surface area contributed by atoms with Crippen LogP contribution in [0.1, 0.15) is 42.5 Å². The van der Waals surface area contributed by atoms with Gasteiger partial charge in [-0.25, -0.2) is 8.42 Å². The van der Waals surface area contributed by atoms with Crippen molar-refractivity contribution in [3.63, 3.8) is 0 Å². The van der Waals surface area contributed by atoms with E-state index in [4.69, 9.17) is 4.74 Å². The summed E-state index contributed by atoms with van der Waals surface area (Å²) in [5.41, 5.74) is 3.58. The van der Waals surface area contributed by atoms with E-state index in [2.05, 4.69) is 13.8 Å². The average molecular weight is 411 g/mol. The molecule has 0 aliphatic carbocycles. The number of rotatable bonds is 7. The molecule has 0 saturated carbocycles. The van der Waals surface area contributed by atoms with E-state index in [1.165, 1.54) is 4.31 Å². The van der Waals surface area contributed by atoms with Gasteiger partial charge in [0.15, 0.2) is 0 Å². The van der Waals surface area contributed by atoms with Crippen LogP contribution in [0.3, 0.4) is 0 Å². The second-order valence-corrected chi connectivity index (χ2v) is 9.97. The molecule has 1 aliphatic heterocycles. The molecule has 28 heavy (non-hydrogen) atoms. The van der Waals surface area contributed by atoms with Crippen LogP contribution in [0.25, 0.3) is 0 Å². The lowest BCUT2D eigenvalue weighted by atomic mass is 10.0. The standard InChI is InChI=1S/C21H34N2O4S/c1-15(2)14-27-12-7-20(24)22-8-10-23(11-9-22)28(25,26)21-18(5)16(3)13-17(4)19(21)6/h13,15H,7-12,14H2,1-6H3. The van der Waals surface area contributed by atoms with Crippen LogP contribution in [0.15, 0.2) is 11.0 Å². The van der Waals surface area contributed by atoms with Crippen molar-refractivity contribution >= 4 is 15.9 Å². The van der Waals surface area contributed by atoms with Gasteiger partial charge in [-0.2, -0.15) is 4.31 Å². The maximum Gasteiger partial charge on any atom is 0.243 e. The van der Waals surface area contributed by atoms with Crippen LogP contribution in [0.5, 0.6) is 0 Å². The van der Waals surface area contributed by atoms with Crippen LogP contribution in [0.4, 0.5) is 0 Å². The number of carbonyl (C=O) groups excluding carboxylic acids is 1. The van der Waals surface area contributed by atoms with Crippen molar-refractivity contribution in [1.82, 2.24) is 9.21 Å². The van der Waals surface area contributed by atoms with Gasteiger partial charge in [0.1, 0.15) is 0 Å². The fourth-order valence-corrected chi connectivity index (χ4v) is 5.51. The van der Waals surface area contributed by atoms with Crippen LogP contribution in [-0.4, -0.2) is 62.9 Å². The normalized spacial score (nSPS) is 16.0. The molecule has 1 heterocycles. The molecule has 0 spiro atoms. The van der Waals surface area contributed by atoms with E-state index in [1.807, 2.05) is 33.8 Å². The van der Waals surface area contributed by atoms with E-state index < -0.39 is 10.0 Å². The molecule has 1 fully saturated rings. The summed E-state index contributed by atoms with van der Waals surface area (Å²) in [4.78, 5) is 14.5. The number of ether oxygens (including phenoxy) is 1. The molecule has 1 aromatic carbocycles. The Hall–Kier alpha value is -1.44. The molecule has 0 atom stereocenters. The zero-order valence-corrected chi connectivity index (χ0v) is 18.9. The molecule has 1 aliphatic rings. The summed E-state index contributed by atoms with van der Waals surface area (Å²) in [7, 11) is -3.58. The fourth-order valence-electron chi connectivity index (χ4n) is 3.51. The van der Waals surface area contributed by atoms with Crippen LogP contribution >= 0.6 is 0 Å². The van der Waals surface area contributed by atoms with Crippen molar-refractivity contribution in [3.8, 4) is 0 Å². The molecule has 7 heteroatoms. The number of nitrogens with zero attached hydrogens (tertiary/aromatic N) is 2. The average Bonchev–Trinajstić information content (AvgIpc) is 2.63. The number of hydrogen-bond acceptors (Lipinski definition) is 4. The Morgan fingerprint density at radius 1 is 1.04 bits per heavy atom. The Kier molecular flexibility index (Phi) is 7.65. The van der Waals surface area contributed by atoms with E-state index in [0.717, 1.165) is 22.3 Å². The van der Waals surface area contributed by atoms with Crippen molar-refractivity contribution in [2.24, 2.45) is 5.92 Å². The number of sulfonamides is 1. The highest BCUT2D eigenvalue weighted by Gasteiger charge is 2.32. The maximum atomic E-state index is 13.3.